The number of ether oxygens (including phenoxy) is 1. The maximum Gasteiger partial charge on any atom is 0.387 e. The molecule has 2 aliphatic rings. The third-order valence-corrected chi connectivity index (χ3v) is 4.24. The molecule has 0 unspecified atom stereocenters. The Kier molecular flexibility index (Phi) is 3.51. The third-order valence-electron chi connectivity index (χ3n) is 4.24. The number of carbonyl (C=O) groups excluding carboxylic acids is 1. The number of nitrogens with one attached hydrogen (secondary N) is 1. The number of hydrogen-bond acceptors (Lipinski definition) is 5. The lowest BCUT2D eigenvalue weighted by Gasteiger charge is -2.32. The molecule has 0 bridgehead atoms. The van der Waals surface area contributed by atoms with Crippen LogP contribution in [0.2, 0.25) is 0 Å². The van der Waals surface area contributed by atoms with Crippen molar-refractivity contribution in [1.82, 2.24) is 14.8 Å². The minimum Gasteiger partial charge on any atom is -0.434 e. The second kappa shape index (κ2) is 5.70. The summed E-state index contributed by atoms with van der Waals surface area (Å²) in [4.78, 5) is 16.7. The van der Waals surface area contributed by atoms with E-state index >= 15 is 0 Å². The Labute approximate surface area is 136 Å². The highest BCUT2D eigenvalue weighted by Gasteiger charge is 2.37. The molecule has 1 aliphatic carbocycles. The van der Waals surface area contributed by atoms with E-state index in [4.69, 9.17) is 0 Å². The summed E-state index contributed by atoms with van der Waals surface area (Å²) >= 11 is 0. The van der Waals surface area contributed by atoms with Gasteiger partial charge in [-0.2, -0.15) is 18.9 Å². The number of carbonyl (C=O) groups is 1. The van der Waals surface area contributed by atoms with E-state index in [2.05, 4.69) is 20.1 Å². The van der Waals surface area contributed by atoms with Crippen molar-refractivity contribution in [1.29, 1.82) is 0 Å². The first-order valence-electron chi connectivity index (χ1n) is 7.61. The lowest BCUT2D eigenvalue weighted by molar-refractivity contribution is -0.116. The van der Waals surface area contributed by atoms with Gasteiger partial charge in [0, 0.05) is 23.3 Å². The van der Waals surface area contributed by atoms with E-state index in [1.54, 1.807) is 18.2 Å². The van der Waals surface area contributed by atoms with Crippen molar-refractivity contribution in [2.45, 2.75) is 31.9 Å². The van der Waals surface area contributed by atoms with Gasteiger partial charge in [-0.25, -0.2) is 4.68 Å². The molecule has 24 heavy (non-hydrogen) atoms. The fourth-order valence-corrected chi connectivity index (χ4v) is 3.29. The number of ketones is 1. The molecular weight excluding hydrogens is 318 g/mol. The van der Waals surface area contributed by atoms with E-state index in [1.807, 2.05) is 0 Å². The van der Waals surface area contributed by atoms with E-state index in [9.17, 15) is 13.6 Å². The van der Waals surface area contributed by atoms with Gasteiger partial charge in [0.1, 0.15) is 18.1 Å². The smallest absolute Gasteiger partial charge is 0.387 e. The van der Waals surface area contributed by atoms with Gasteiger partial charge in [0.2, 0.25) is 5.95 Å². The summed E-state index contributed by atoms with van der Waals surface area (Å²) in [5.74, 6) is 0.508. The highest BCUT2D eigenvalue weighted by molar-refractivity contribution is 5.99. The maximum absolute atomic E-state index is 12.8. The van der Waals surface area contributed by atoms with Crippen LogP contribution in [0.25, 0.3) is 0 Å². The van der Waals surface area contributed by atoms with Crippen LogP contribution in [0.15, 0.2) is 41.9 Å². The summed E-state index contributed by atoms with van der Waals surface area (Å²) in [6, 6.07) is 5.85. The Morgan fingerprint density at radius 2 is 2.12 bits per heavy atom. The number of nitrogens with zero attached hydrogens (tertiary/aromatic N) is 3. The first kappa shape index (κ1) is 14.8. The van der Waals surface area contributed by atoms with Crippen molar-refractivity contribution < 1.29 is 18.3 Å². The lowest BCUT2D eigenvalue weighted by atomic mass is 9.85. The summed E-state index contributed by atoms with van der Waals surface area (Å²) in [6.45, 7) is -2.95. The molecule has 8 heteroatoms. The van der Waals surface area contributed by atoms with E-state index < -0.39 is 12.7 Å². The molecule has 2 heterocycles. The zero-order valence-electron chi connectivity index (χ0n) is 12.6. The van der Waals surface area contributed by atoms with Crippen LogP contribution in [-0.4, -0.2) is 27.2 Å². The van der Waals surface area contributed by atoms with Gasteiger partial charge in [-0.3, -0.25) is 4.79 Å². The molecule has 124 valence electrons. The zero-order chi connectivity index (χ0) is 16.7. The van der Waals surface area contributed by atoms with E-state index in [-0.39, 0.29) is 11.5 Å². The second-order valence-corrected chi connectivity index (χ2v) is 5.64. The van der Waals surface area contributed by atoms with Crippen molar-refractivity contribution in [3.63, 3.8) is 0 Å². The molecule has 2 aromatic rings. The van der Waals surface area contributed by atoms with E-state index in [0.717, 1.165) is 12.1 Å². The van der Waals surface area contributed by atoms with Gasteiger partial charge < -0.3 is 10.1 Å². The van der Waals surface area contributed by atoms with Crippen LogP contribution in [0.1, 0.15) is 30.9 Å². The van der Waals surface area contributed by atoms with Crippen LogP contribution in [0, 0.1) is 0 Å². The van der Waals surface area contributed by atoms with Crippen LogP contribution < -0.4 is 10.1 Å². The van der Waals surface area contributed by atoms with Gasteiger partial charge in [-0.15, -0.1) is 0 Å². The molecule has 0 amide bonds. The number of Topliss-reactive ketones (excluding diaryl/α,β-unsaturated/α-hetero) is 1. The number of aromatic nitrogens is 3. The monoisotopic (exact) mass is 332 g/mol. The van der Waals surface area contributed by atoms with Gasteiger partial charge in [-0.1, -0.05) is 18.2 Å². The summed E-state index contributed by atoms with van der Waals surface area (Å²) in [5, 5.41) is 7.30. The van der Waals surface area contributed by atoms with Crippen molar-refractivity contribution >= 4 is 11.7 Å². The number of allylic oxidation sites excluding steroid dienone is 2. The summed E-state index contributed by atoms with van der Waals surface area (Å²) < 4.78 is 31.7. The largest absolute Gasteiger partial charge is 0.434 e. The average molecular weight is 332 g/mol. The molecule has 1 aromatic carbocycles. The fourth-order valence-electron chi connectivity index (χ4n) is 3.29. The van der Waals surface area contributed by atoms with Crippen LogP contribution in [0.5, 0.6) is 5.75 Å². The summed E-state index contributed by atoms with van der Waals surface area (Å²) in [6.07, 6.45) is 3.26. The zero-order valence-corrected chi connectivity index (χ0v) is 12.6. The Hall–Kier alpha value is -2.77. The molecule has 4 rings (SSSR count). The second-order valence-electron chi connectivity index (χ2n) is 5.64. The van der Waals surface area contributed by atoms with Gasteiger partial charge in [0.05, 0.1) is 0 Å². The third kappa shape index (κ3) is 2.34. The lowest BCUT2D eigenvalue weighted by Crippen LogP contribution is -2.31. The highest BCUT2D eigenvalue weighted by Crippen LogP contribution is 2.42. The Bertz CT molecular complexity index is 831. The van der Waals surface area contributed by atoms with Crippen molar-refractivity contribution in [2.75, 3.05) is 5.32 Å². The molecule has 0 spiro atoms. The topological polar surface area (TPSA) is 69.0 Å². The van der Waals surface area contributed by atoms with Crippen LogP contribution in [0.3, 0.4) is 0 Å². The number of hydrogen-bond donors (Lipinski definition) is 1. The SMILES string of the molecule is O=C1CCCC2=C1[C@H](c1ccccc1OC(F)F)n1ncnc1N2. The highest BCUT2D eigenvalue weighted by atomic mass is 19.3. The number of fused-ring (bicyclic) bond motifs is 1. The van der Waals surface area contributed by atoms with Crippen LogP contribution in [-0.2, 0) is 4.79 Å². The van der Waals surface area contributed by atoms with Gasteiger partial charge in [-0.05, 0) is 18.9 Å². The normalized spacial score (nSPS) is 19.8. The van der Waals surface area contributed by atoms with Gasteiger partial charge >= 0.3 is 6.61 Å². The van der Waals surface area contributed by atoms with Gasteiger partial charge in [0.15, 0.2) is 5.78 Å². The Morgan fingerprint density at radius 3 is 2.96 bits per heavy atom. The molecule has 1 aliphatic heterocycles. The van der Waals surface area contributed by atoms with Crippen LogP contribution in [0.4, 0.5) is 14.7 Å². The average Bonchev–Trinajstić information content (AvgIpc) is 3.01. The van der Waals surface area contributed by atoms with Crippen molar-refractivity contribution in [3.05, 3.63) is 47.4 Å². The quantitative estimate of drug-likeness (QED) is 0.936. The Balaban J connectivity index is 1.90. The number of alkyl halides is 2. The van der Waals surface area contributed by atoms with Crippen LogP contribution >= 0.6 is 0 Å². The minimum absolute atomic E-state index is 0.0123. The van der Waals surface area contributed by atoms with E-state index in [0.29, 0.717) is 29.9 Å². The van der Waals surface area contributed by atoms with Gasteiger partial charge in [0.25, 0.3) is 0 Å². The molecule has 1 aromatic heterocycles. The minimum atomic E-state index is -2.95. The number of para-hydroxylation sites is 1. The number of rotatable bonds is 3. The molecule has 0 saturated heterocycles. The number of benzene rings is 1. The molecule has 0 radical (unpaired) electrons. The standard InChI is InChI=1S/C16H14F2N4O2/c17-15(18)24-12-7-2-1-4-9(12)14-13-10(5-3-6-11(13)23)21-16-19-8-20-22(14)16/h1-2,4,7-8,14-15H,3,5-6H2,(H,19,20,21)/t14-/m0/s1. The number of halogens is 2. The predicted octanol–water partition coefficient (Wildman–Crippen LogP) is 2.90. The molecule has 6 nitrogen and oxygen atoms in total. The summed E-state index contributed by atoms with van der Waals surface area (Å²) in [7, 11) is 0. The van der Waals surface area contributed by atoms with E-state index in [1.165, 1.54) is 17.1 Å². The predicted molar refractivity (Wildman–Crippen MR) is 80.7 cm³/mol. The first-order chi connectivity index (χ1) is 11.6. The Morgan fingerprint density at radius 1 is 1.29 bits per heavy atom. The van der Waals surface area contributed by atoms with Crippen molar-refractivity contribution in [2.24, 2.45) is 0 Å². The first-order valence-corrected chi connectivity index (χ1v) is 7.61. The summed E-state index contributed by atoms with van der Waals surface area (Å²) in [5.41, 5.74) is 1.79. The molecule has 0 fully saturated rings. The molecule has 0 saturated carbocycles. The number of anilines is 1. The van der Waals surface area contributed by atoms with Crippen molar-refractivity contribution in [3.8, 4) is 5.75 Å². The molecule has 1 N–H and O–H groups in total. The maximum atomic E-state index is 12.8. The molecular formula is C16H14F2N4O2. The molecule has 1 atom stereocenters. The fraction of sp³-hybridized carbons (Fsp3) is 0.312.